The van der Waals surface area contributed by atoms with Crippen molar-refractivity contribution in [3.05, 3.63) is 108 Å². The van der Waals surface area contributed by atoms with E-state index in [0.717, 1.165) is 11.4 Å². The fourth-order valence-corrected chi connectivity index (χ4v) is 6.26. The number of halogens is 1. The van der Waals surface area contributed by atoms with E-state index >= 15 is 0 Å². The molecule has 2 N–H and O–H groups in total. The molecule has 0 saturated heterocycles. The van der Waals surface area contributed by atoms with E-state index in [1.165, 1.54) is 60.3 Å². The first-order valence-electron chi connectivity index (χ1n) is 12.0. The first-order valence-corrected chi connectivity index (χ1v) is 14.5. The van der Waals surface area contributed by atoms with Crippen LogP contribution >= 0.6 is 11.8 Å². The number of aromatic nitrogens is 2. The minimum Gasteiger partial charge on any atom is -0.480 e. The highest BCUT2D eigenvalue weighted by molar-refractivity contribution is 8.00. The van der Waals surface area contributed by atoms with Crippen LogP contribution in [0.25, 0.3) is 0 Å². The molecule has 0 aliphatic heterocycles. The third kappa shape index (κ3) is 7.47. The number of ether oxygens (including phenoxy) is 1. The molecule has 0 spiro atoms. The number of nitrogens with zero attached hydrogens (tertiary/aromatic N) is 2. The van der Waals surface area contributed by atoms with Gasteiger partial charge < -0.3 is 14.4 Å². The van der Waals surface area contributed by atoms with E-state index in [9.17, 15) is 22.7 Å². The lowest BCUT2D eigenvalue weighted by molar-refractivity contribution is -0.139. The molecule has 0 radical (unpaired) electrons. The van der Waals surface area contributed by atoms with Crippen LogP contribution in [0, 0.1) is 5.82 Å². The third-order valence-corrected chi connectivity index (χ3v) is 8.79. The highest BCUT2D eigenvalue weighted by Crippen LogP contribution is 2.32. The summed E-state index contributed by atoms with van der Waals surface area (Å²) in [5, 5.41) is 9.95. The van der Waals surface area contributed by atoms with Gasteiger partial charge in [-0.25, -0.2) is 17.8 Å². The minimum atomic E-state index is -4.17. The number of hydrogen-bond donors (Lipinski definition) is 2. The maximum Gasteiger partial charge on any atom is 0.323 e. The first kappa shape index (κ1) is 28.3. The van der Waals surface area contributed by atoms with Crippen LogP contribution in [-0.2, 0) is 27.1 Å². The van der Waals surface area contributed by atoms with E-state index in [0.29, 0.717) is 23.8 Å². The smallest absolute Gasteiger partial charge is 0.323 e. The van der Waals surface area contributed by atoms with Gasteiger partial charge >= 0.3 is 5.97 Å². The number of carboxylic acids is 1. The molecule has 39 heavy (non-hydrogen) atoms. The monoisotopic (exact) mass is 569 g/mol. The fraction of sp³-hybridized carbons (Fsp3) is 0.214. The largest absolute Gasteiger partial charge is 0.480 e. The molecule has 0 fully saturated rings. The van der Waals surface area contributed by atoms with Gasteiger partial charge in [0.2, 0.25) is 10.0 Å². The molecule has 0 bridgehead atoms. The Labute approximate surface area is 230 Å². The SMILES string of the molecule is CC(C)(SCc1nccn1Cc1ccccc1)[C@@H](NS(=O)(=O)c1ccc(Oc2ccc(F)cc2)cc1)C(=O)O. The second-order valence-electron chi connectivity index (χ2n) is 9.27. The van der Waals surface area contributed by atoms with Gasteiger partial charge in [-0.05, 0) is 67.9 Å². The van der Waals surface area contributed by atoms with Gasteiger partial charge in [-0.2, -0.15) is 4.72 Å². The maximum absolute atomic E-state index is 13.1. The van der Waals surface area contributed by atoms with Gasteiger partial charge in [0.1, 0.15) is 29.2 Å². The molecule has 0 saturated carbocycles. The summed E-state index contributed by atoms with van der Waals surface area (Å²) in [6, 6.07) is 19.4. The molecule has 4 rings (SSSR count). The number of carboxylic acid groups (broad SMARTS) is 1. The van der Waals surface area contributed by atoms with Crippen molar-refractivity contribution in [2.75, 3.05) is 0 Å². The standard InChI is InChI=1S/C28H28FN3O5S2/c1-28(2,38-19-25-30-16-17-32(25)18-20-6-4-3-5-7-20)26(27(33)34)31-39(35,36)24-14-12-23(13-15-24)37-22-10-8-21(29)9-11-22/h3-17,26,31H,18-19H2,1-2H3,(H,33,34)/t26-/m0/s1. The molecule has 0 amide bonds. The zero-order valence-corrected chi connectivity index (χ0v) is 23.0. The van der Waals surface area contributed by atoms with E-state index in [2.05, 4.69) is 9.71 Å². The quantitative estimate of drug-likeness (QED) is 0.238. The Balaban J connectivity index is 1.43. The number of thioether (sulfide) groups is 1. The molecule has 0 aliphatic carbocycles. The first-order chi connectivity index (χ1) is 18.5. The van der Waals surface area contributed by atoms with Crippen molar-refractivity contribution in [2.24, 2.45) is 0 Å². The molecule has 1 atom stereocenters. The summed E-state index contributed by atoms with van der Waals surface area (Å²) in [5.74, 6) is 0.173. The molecule has 1 heterocycles. The Morgan fingerprint density at radius 2 is 1.67 bits per heavy atom. The molecule has 0 aliphatic rings. The summed E-state index contributed by atoms with van der Waals surface area (Å²) in [6.07, 6.45) is 3.55. The number of sulfonamides is 1. The van der Waals surface area contributed by atoms with Gasteiger partial charge in [0.25, 0.3) is 0 Å². The Kier molecular flexibility index (Phi) is 8.73. The zero-order valence-electron chi connectivity index (χ0n) is 21.3. The Morgan fingerprint density at radius 1 is 1.05 bits per heavy atom. The molecule has 1 aromatic heterocycles. The number of rotatable bonds is 12. The van der Waals surface area contributed by atoms with Crippen molar-refractivity contribution in [3.8, 4) is 11.5 Å². The van der Waals surface area contributed by atoms with Crippen molar-refractivity contribution in [2.45, 2.75) is 41.8 Å². The topological polar surface area (TPSA) is 111 Å². The lowest BCUT2D eigenvalue weighted by Gasteiger charge is -2.31. The van der Waals surface area contributed by atoms with Crippen molar-refractivity contribution >= 4 is 27.8 Å². The van der Waals surface area contributed by atoms with E-state index in [4.69, 9.17) is 4.74 Å². The predicted octanol–water partition coefficient (Wildman–Crippen LogP) is 5.31. The van der Waals surface area contributed by atoms with Crippen molar-refractivity contribution in [1.82, 2.24) is 14.3 Å². The van der Waals surface area contributed by atoms with Gasteiger partial charge in [-0.15, -0.1) is 11.8 Å². The fourth-order valence-electron chi connectivity index (χ4n) is 3.78. The molecule has 3 aromatic carbocycles. The van der Waals surface area contributed by atoms with Crippen LogP contribution in [0.1, 0.15) is 25.2 Å². The van der Waals surface area contributed by atoms with E-state index in [-0.39, 0.29) is 4.90 Å². The van der Waals surface area contributed by atoms with E-state index in [1.54, 1.807) is 20.0 Å². The summed E-state index contributed by atoms with van der Waals surface area (Å²) in [7, 11) is -4.17. The van der Waals surface area contributed by atoms with Gasteiger partial charge in [-0.3, -0.25) is 4.79 Å². The van der Waals surface area contributed by atoms with Crippen LogP contribution in [-0.4, -0.2) is 39.8 Å². The average Bonchev–Trinajstić information content (AvgIpc) is 3.35. The van der Waals surface area contributed by atoms with Crippen LogP contribution in [0.15, 0.2) is 96.2 Å². The van der Waals surface area contributed by atoms with Crippen LogP contribution in [0.4, 0.5) is 4.39 Å². The minimum absolute atomic E-state index is 0.112. The number of nitrogens with one attached hydrogen (secondary N) is 1. The molecule has 8 nitrogen and oxygen atoms in total. The van der Waals surface area contributed by atoms with E-state index in [1.807, 2.05) is 41.1 Å². The molecular formula is C28H28FN3O5S2. The summed E-state index contributed by atoms with van der Waals surface area (Å²) in [4.78, 5) is 16.5. The van der Waals surface area contributed by atoms with Crippen LogP contribution in [0.5, 0.6) is 11.5 Å². The second kappa shape index (κ2) is 12.0. The summed E-state index contributed by atoms with van der Waals surface area (Å²) < 4.78 is 48.2. The maximum atomic E-state index is 13.1. The average molecular weight is 570 g/mol. The summed E-state index contributed by atoms with van der Waals surface area (Å²) >= 11 is 1.30. The van der Waals surface area contributed by atoms with Crippen LogP contribution in [0.3, 0.4) is 0 Å². The molecule has 11 heteroatoms. The van der Waals surface area contributed by atoms with Crippen molar-refractivity contribution in [3.63, 3.8) is 0 Å². The molecule has 204 valence electrons. The number of benzene rings is 3. The van der Waals surface area contributed by atoms with Crippen molar-refractivity contribution in [1.29, 1.82) is 0 Å². The highest BCUT2D eigenvalue weighted by atomic mass is 32.2. The third-order valence-electron chi connectivity index (χ3n) is 5.97. The Morgan fingerprint density at radius 3 is 2.28 bits per heavy atom. The lowest BCUT2D eigenvalue weighted by atomic mass is 10.1. The van der Waals surface area contributed by atoms with Gasteiger partial charge in [0, 0.05) is 23.7 Å². The second-order valence-corrected chi connectivity index (χ2v) is 12.6. The summed E-state index contributed by atoms with van der Waals surface area (Å²) in [5.41, 5.74) is 1.10. The summed E-state index contributed by atoms with van der Waals surface area (Å²) in [6.45, 7) is 3.99. The highest BCUT2D eigenvalue weighted by Gasteiger charge is 2.39. The van der Waals surface area contributed by atoms with Crippen LogP contribution in [0.2, 0.25) is 0 Å². The zero-order chi connectivity index (χ0) is 28.0. The van der Waals surface area contributed by atoms with Gasteiger partial charge in [0.15, 0.2) is 0 Å². The number of imidazole rings is 1. The van der Waals surface area contributed by atoms with E-state index < -0.39 is 32.6 Å². The Hall–Kier alpha value is -3.67. The lowest BCUT2D eigenvalue weighted by Crippen LogP contribution is -2.52. The number of carbonyl (C=O) groups is 1. The molecule has 4 aromatic rings. The Bertz CT molecular complexity index is 1510. The number of aliphatic carboxylic acids is 1. The van der Waals surface area contributed by atoms with Gasteiger partial charge in [0.05, 0.1) is 10.6 Å². The normalized spacial score (nSPS) is 12.7. The van der Waals surface area contributed by atoms with Gasteiger partial charge in [-0.1, -0.05) is 30.3 Å². The van der Waals surface area contributed by atoms with Crippen LogP contribution < -0.4 is 9.46 Å². The molecular weight excluding hydrogens is 541 g/mol. The predicted molar refractivity (Wildman–Crippen MR) is 148 cm³/mol. The number of hydrogen-bond acceptors (Lipinski definition) is 6. The van der Waals surface area contributed by atoms with Crippen molar-refractivity contribution < 1.29 is 27.4 Å². The molecule has 0 unspecified atom stereocenters.